The normalized spacial score (nSPS) is 16.8. The maximum atomic E-state index is 12.8. The fourth-order valence-electron chi connectivity index (χ4n) is 3.79. The first kappa shape index (κ1) is 19.1. The molecule has 1 atom stereocenters. The average molecular weight is 391 g/mol. The molecule has 0 aliphatic carbocycles. The van der Waals surface area contributed by atoms with Crippen molar-refractivity contribution in [3.63, 3.8) is 0 Å². The summed E-state index contributed by atoms with van der Waals surface area (Å²) in [4.78, 5) is 25.5. The smallest absolute Gasteiger partial charge is 0.227 e. The molecule has 0 radical (unpaired) electrons. The zero-order chi connectivity index (χ0) is 20.2. The van der Waals surface area contributed by atoms with E-state index < -0.39 is 0 Å². The number of amides is 1. The molecule has 7 heteroatoms. The van der Waals surface area contributed by atoms with Crippen molar-refractivity contribution in [3.8, 4) is 11.4 Å². The maximum absolute atomic E-state index is 12.8. The number of nitrogens with zero attached hydrogens (tertiary/aromatic N) is 5. The lowest BCUT2D eigenvalue weighted by Gasteiger charge is -2.41. The first-order chi connectivity index (χ1) is 14.1. The molecule has 0 bridgehead atoms. The summed E-state index contributed by atoms with van der Waals surface area (Å²) in [6, 6.07) is 12.3. The number of hydrogen-bond donors (Lipinski definition) is 0. The van der Waals surface area contributed by atoms with Crippen LogP contribution in [0.3, 0.4) is 0 Å². The van der Waals surface area contributed by atoms with Gasteiger partial charge < -0.3 is 14.3 Å². The zero-order valence-electron chi connectivity index (χ0n) is 16.8. The number of carbonyl (C=O) groups is 1. The SMILES string of the molecule is Cc1ccccc1N1CCN(C(=O)CCc2nc(-c3cccnc3)no2)[C@@H](C)C1. The van der Waals surface area contributed by atoms with E-state index in [1.54, 1.807) is 12.4 Å². The fraction of sp³-hybridized carbons (Fsp3) is 0.364. The molecule has 3 aromatic rings. The van der Waals surface area contributed by atoms with Crippen molar-refractivity contribution in [2.24, 2.45) is 0 Å². The molecule has 1 saturated heterocycles. The van der Waals surface area contributed by atoms with Gasteiger partial charge in [0.05, 0.1) is 0 Å². The van der Waals surface area contributed by atoms with E-state index in [4.69, 9.17) is 4.52 Å². The Morgan fingerprint density at radius 3 is 2.83 bits per heavy atom. The molecule has 1 fully saturated rings. The molecule has 29 heavy (non-hydrogen) atoms. The minimum atomic E-state index is 0.128. The standard InChI is InChI=1S/C22H25N5O2/c1-16-6-3-4-8-19(16)26-12-13-27(17(2)15-26)21(28)10-9-20-24-22(25-29-20)18-7-5-11-23-14-18/h3-8,11,14,17H,9-10,12-13,15H2,1-2H3/t17-/m0/s1. The minimum Gasteiger partial charge on any atom is -0.367 e. The van der Waals surface area contributed by atoms with Gasteiger partial charge in [0, 0.05) is 62.2 Å². The fourth-order valence-corrected chi connectivity index (χ4v) is 3.79. The van der Waals surface area contributed by atoms with E-state index in [0.717, 1.165) is 25.2 Å². The summed E-state index contributed by atoms with van der Waals surface area (Å²) in [7, 11) is 0. The topological polar surface area (TPSA) is 75.4 Å². The highest BCUT2D eigenvalue weighted by atomic mass is 16.5. The number of anilines is 1. The summed E-state index contributed by atoms with van der Waals surface area (Å²) in [5.41, 5.74) is 3.32. The second-order valence-corrected chi connectivity index (χ2v) is 7.42. The molecule has 0 saturated carbocycles. The van der Waals surface area contributed by atoms with Gasteiger partial charge in [-0.1, -0.05) is 23.4 Å². The number of piperazine rings is 1. The van der Waals surface area contributed by atoms with Crippen molar-refractivity contribution in [2.45, 2.75) is 32.7 Å². The van der Waals surface area contributed by atoms with Gasteiger partial charge in [-0.05, 0) is 37.6 Å². The van der Waals surface area contributed by atoms with Crippen LogP contribution >= 0.6 is 0 Å². The molecule has 150 valence electrons. The van der Waals surface area contributed by atoms with Crippen LogP contribution < -0.4 is 4.90 Å². The third kappa shape index (κ3) is 4.29. The van der Waals surface area contributed by atoms with Gasteiger partial charge in [-0.3, -0.25) is 9.78 Å². The highest BCUT2D eigenvalue weighted by molar-refractivity contribution is 5.77. The van der Waals surface area contributed by atoms with Crippen LogP contribution in [0.1, 0.15) is 24.8 Å². The molecule has 4 rings (SSSR count). The van der Waals surface area contributed by atoms with Gasteiger partial charge >= 0.3 is 0 Å². The van der Waals surface area contributed by atoms with Gasteiger partial charge in [0.15, 0.2) is 0 Å². The second-order valence-electron chi connectivity index (χ2n) is 7.42. The lowest BCUT2D eigenvalue weighted by atomic mass is 10.1. The Labute approximate surface area is 170 Å². The maximum Gasteiger partial charge on any atom is 0.227 e. The van der Waals surface area contributed by atoms with Crippen molar-refractivity contribution in [1.82, 2.24) is 20.0 Å². The number of rotatable bonds is 5. The predicted molar refractivity (Wildman–Crippen MR) is 110 cm³/mol. The van der Waals surface area contributed by atoms with Crippen molar-refractivity contribution in [2.75, 3.05) is 24.5 Å². The number of benzene rings is 1. The Bertz CT molecular complexity index is 972. The second kappa shape index (κ2) is 8.43. The van der Waals surface area contributed by atoms with Gasteiger partial charge in [-0.15, -0.1) is 0 Å². The van der Waals surface area contributed by atoms with E-state index in [-0.39, 0.29) is 11.9 Å². The van der Waals surface area contributed by atoms with Crippen LogP contribution in [-0.2, 0) is 11.2 Å². The number of pyridine rings is 1. The summed E-state index contributed by atoms with van der Waals surface area (Å²) in [5.74, 6) is 1.10. The van der Waals surface area contributed by atoms with Crippen molar-refractivity contribution in [1.29, 1.82) is 0 Å². The molecule has 1 amide bonds. The van der Waals surface area contributed by atoms with E-state index in [9.17, 15) is 4.79 Å². The molecule has 2 aromatic heterocycles. The van der Waals surface area contributed by atoms with Crippen molar-refractivity contribution in [3.05, 3.63) is 60.2 Å². The quantitative estimate of drug-likeness (QED) is 0.665. The number of aromatic nitrogens is 3. The molecule has 0 spiro atoms. The molecular formula is C22H25N5O2. The van der Waals surface area contributed by atoms with Gasteiger partial charge in [0.1, 0.15) is 0 Å². The third-order valence-electron chi connectivity index (χ3n) is 5.34. The van der Waals surface area contributed by atoms with Gasteiger partial charge in [0.25, 0.3) is 0 Å². The molecule has 7 nitrogen and oxygen atoms in total. The highest BCUT2D eigenvalue weighted by Gasteiger charge is 2.28. The first-order valence-corrected chi connectivity index (χ1v) is 9.95. The summed E-state index contributed by atoms with van der Waals surface area (Å²) in [5, 5.41) is 3.99. The summed E-state index contributed by atoms with van der Waals surface area (Å²) < 4.78 is 5.30. The van der Waals surface area contributed by atoms with Crippen LogP contribution in [0.4, 0.5) is 5.69 Å². The van der Waals surface area contributed by atoms with E-state index >= 15 is 0 Å². The van der Waals surface area contributed by atoms with Crippen LogP contribution in [-0.4, -0.2) is 51.6 Å². The molecule has 1 aromatic carbocycles. The Balaban J connectivity index is 1.33. The average Bonchev–Trinajstić information content (AvgIpc) is 3.22. The molecular weight excluding hydrogens is 366 g/mol. The Morgan fingerprint density at radius 2 is 2.07 bits per heavy atom. The Morgan fingerprint density at radius 1 is 1.21 bits per heavy atom. The lowest BCUT2D eigenvalue weighted by Crippen LogP contribution is -2.54. The van der Waals surface area contributed by atoms with Crippen LogP contribution in [0.2, 0.25) is 0 Å². The Kier molecular flexibility index (Phi) is 5.55. The minimum absolute atomic E-state index is 0.128. The largest absolute Gasteiger partial charge is 0.367 e. The molecule has 1 aliphatic rings. The predicted octanol–water partition coefficient (Wildman–Crippen LogP) is 3.11. The van der Waals surface area contributed by atoms with Crippen LogP contribution in [0.15, 0.2) is 53.3 Å². The van der Waals surface area contributed by atoms with E-state index in [2.05, 4.69) is 58.1 Å². The zero-order valence-corrected chi connectivity index (χ0v) is 16.8. The Hall–Kier alpha value is -3.22. The molecule has 0 N–H and O–H groups in total. The van der Waals surface area contributed by atoms with Gasteiger partial charge in [0.2, 0.25) is 17.6 Å². The first-order valence-electron chi connectivity index (χ1n) is 9.95. The summed E-state index contributed by atoms with van der Waals surface area (Å²) in [6.45, 7) is 6.63. The third-order valence-corrected chi connectivity index (χ3v) is 5.34. The van der Waals surface area contributed by atoms with Crippen LogP contribution in [0.25, 0.3) is 11.4 Å². The monoisotopic (exact) mass is 391 g/mol. The van der Waals surface area contributed by atoms with Crippen molar-refractivity contribution >= 4 is 11.6 Å². The number of carbonyl (C=O) groups excluding carboxylic acids is 1. The summed E-state index contributed by atoms with van der Waals surface area (Å²) in [6.07, 6.45) is 4.19. The van der Waals surface area contributed by atoms with Crippen molar-refractivity contribution < 1.29 is 9.32 Å². The molecule has 1 aliphatic heterocycles. The van der Waals surface area contributed by atoms with E-state index in [1.807, 2.05) is 17.0 Å². The lowest BCUT2D eigenvalue weighted by molar-refractivity contribution is -0.133. The van der Waals surface area contributed by atoms with Crippen LogP contribution in [0, 0.1) is 6.92 Å². The molecule has 0 unspecified atom stereocenters. The van der Waals surface area contributed by atoms with Crippen LogP contribution in [0.5, 0.6) is 0 Å². The number of aryl methyl sites for hydroxylation is 2. The van der Waals surface area contributed by atoms with E-state index in [1.165, 1.54) is 11.3 Å². The van der Waals surface area contributed by atoms with Gasteiger partial charge in [-0.2, -0.15) is 4.98 Å². The molecule has 3 heterocycles. The van der Waals surface area contributed by atoms with Gasteiger partial charge in [-0.25, -0.2) is 0 Å². The van der Waals surface area contributed by atoms with E-state index in [0.29, 0.717) is 24.6 Å². The number of para-hydroxylation sites is 1. The highest BCUT2D eigenvalue weighted by Crippen LogP contribution is 2.23. The summed E-state index contributed by atoms with van der Waals surface area (Å²) >= 11 is 0. The number of hydrogen-bond acceptors (Lipinski definition) is 6.